The van der Waals surface area contributed by atoms with Crippen LogP contribution >= 0.6 is 0 Å². The number of ether oxygens (including phenoxy) is 1. The summed E-state index contributed by atoms with van der Waals surface area (Å²) in [6, 6.07) is 6.69. The zero-order valence-corrected chi connectivity index (χ0v) is 16.5. The molecule has 0 saturated carbocycles. The van der Waals surface area contributed by atoms with E-state index in [0.29, 0.717) is 12.5 Å². The molecule has 2 heterocycles. The Balaban J connectivity index is 1.88. The molecule has 0 saturated heterocycles. The third-order valence-electron chi connectivity index (χ3n) is 4.49. The van der Waals surface area contributed by atoms with E-state index < -0.39 is 6.36 Å². The highest BCUT2D eigenvalue weighted by atomic mass is 19.4. The smallest absolute Gasteiger partial charge is 0.406 e. The summed E-state index contributed by atoms with van der Waals surface area (Å²) < 4.78 is 41.6. The molecule has 0 atom stereocenters. The molecule has 152 valence electrons. The first-order valence-electron chi connectivity index (χ1n) is 9.38. The molecule has 8 heteroatoms. The van der Waals surface area contributed by atoms with Gasteiger partial charge in [0.1, 0.15) is 11.6 Å². The van der Waals surface area contributed by atoms with Crippen molar-refractivity contribution in [2.24, 2.45) is 0 Å². The van der Waals surface area contributed by atoms with Crippen molar-refractivity contribution >= 4 is 11.8 Å². The normalized spacial score (nSPS) is 14.4. The Labute approximate surface area is 162 Å². The number of alkyl halides is 3. The van der Waals surface area contributed by atoms with E-state index in [1.807, 2.05) is 19.9 Å². The summed E-state index contributed by atoms with van der Waals surface area (Å²) in [5.41, 5.74) is 2.77. The maximum absolute atomic E-state index is 12.5. The molecule has 1 N–H and O–H groups in total. The third kappa shape index (κ3) is 5.05. The Kier molecular flexibility index (Phi) is 5.67. The number of aromatic nitrogens is 2. The molecule has 3 rings (SSSR count). The van der Waals surface area contributed by atoms with E-state index in [-0.39, 0.29) is 17.7 Å². The molecular weight excluding hydrogens is 369 g/mol. The lowest BCUT2D eigenvalue weighted by atomic mass is 9.99. The van der Waals surface area contributed by atoms with Crippen molar-refractivity contribution < 1.29 is 17.9 Å². The van der Waals surface area contributed by atoms with Gasteiger partial charge in [-0.15, -0.1) is 13.2 Å². The first-order valence-corrected chi connectivity index (χ1v) is 9.38. The summed E-state index contributed by atoms with van der Waals surface area (Å²) in [5, 5.41) is 3.24. The maximum Gasteiger partial charge on any atom is 0.573 e. The Hall–Kier alpha value is -2.51. The fourth-order valence-corrected chi connectivity index (χ4v) is 3.16. The van der Waals surface area contributed by atoms with Crippen LogP contribution in [0.5, 0.6) is 5.75 Å². The molecule has 28 heavy (non-hydrogen) atoms. The number of fused-ring (bicyclic) bond motifs is 1. The quantitative estimate of drug-likeness (QED) is 0.783. The second-order valence-electron chi connectivity index (χ2n) is 7.58. The van der Waals surface area contributed by atoms with Gasteiger partial charge in [-0.05, 0) is 49.4 Å². The highest BCUT2D eigenvalue weighted by Crippen LogP contribution is 2.30. The first kappa shape index (κ1) is 20.2. The molecule has 0 spiro atoms. The summed E-state index contributed by atoms with van der Waals surface area (Å²) in [6.07, 6.45) is -3.96. The van der Waals surface area contributed by atoms with E-state index >= 15 is 0 Å². The van der Waals surface area contributed by atoms with E-state index in [1.54, 1.807) is 6.07 Å². The van der Waals surface area contributed by atoms with Gasteiger partial charge in [0.25, 0.3) is 0 Å². The van der Waals surface area contributed by atoms with Crippen LogP contribution in [0.15, 0.2) is 24.3 Å². The largest absolute Gasteiger partial charge is 0.573 e. The number of nitrogens with one attached hydrogen (secondary N) is 1. The van der Waals surface area contributed by atoms with Crippen molar-refractivity contribution in [3.63, 3.8) is 0 Å². The van der Waals surface area contributed by atoms with E-state index in [0.717, 1.165) is 35.6 Å². The Morgan fingerprint density at radius 2 is 1.82 bits per heavy atom. The molecule has 0 unspecified atom stereocenters. The topological polar surface area (TPSA) is 50.3 Å². The fraction of sp³-hybridized carbons (Fsp3) is 0.500. The van der Waals surface area contributed by atoms with Gasteiger partial charge in [-0.2, -0.15) is 4.98 Å². The highest BCUT2D eigenvalue weighted by Gasteiger charge is 2.31. The van der Waals surface area contributed by atoms with Gasteiger partial charge in [0, 0.05) is 25.2 Å². The van der Waals surface area contributed by atoms with E-state index in [9.17, 15) is 13.2 Å². The lowest BCUT2D eigenvalue weighted by Gasteiger charge is -2.31. The van der Waals surface area contributed by atoms with Crippen molar-refractivity contribution in [1.29, 1.82) is 0 Å². The molecule has 0 fully saturated rings. The van der Waals surface area contributed by atoms with E-state index in [1.165, 1.54) is 12.1 Å². The molecule has 0 bridgehead atoms. The van der Waals surface area contributed by atoms with Crippen molar-refractivity contribution in [3.8, 4) is 5.75 Å². The number of rotatable bonds is 5. The zero-order valence-electron chi connectivity index (χ0n) is 16.5. The maximum atomic E-state index is 12.5. The Bertz CT molecular complexity index is 837. The van der Waals surface area contributed by atoms with Crippen LogP contribution in [0, 0.1) is 0 Å². The zero-order chi connectivity index (χ0) is 20.5. The van der Waals surface area contributed by atoms with Gasteiger partial charge in [0.05, 0.1) is 5.69 Å². The first-order chi connectivity index (χ1) is 13.1. The predicted molar refractivity (Wildman–Crippen MR) is 103 cm³/mol. The van der Waals surface area contributed by atoms with Crippen molar-refractivity contribution in [1.82, 2.24) is 9.97 Å². The summed E-state index contributed by atoms with van der Waals surface area (Å²) in [5.74, 6) is 1.38. The number of hydrogen-bond acceptors (Lipinski definition) is 5. The number of benzene rings is 1. The molecule has 2 aromatic rings. The SMILES string of the molecule is CC(C)Nc1nc(C(C)C)cc(N2CCc3ccc(OC(F)(F)F)cc3C2)n1. The standard InChI is InChI=1S/C20H25F3N4O/c1-12(2)17-10-18(26-19(25-17)24-13(3)4)27-8-7-14-5-6-16(9-15(14)11-27)28-20(21,22)23/h5-6,9-10,12-13H,7-8,11H2,1-4H3,(H,24,25,26). The lowest BCUT2D eigenvalue weighted by Crippen LogP contribution is -2.31. The second kappa shape index (κ2) is 7.85. The van der Waals surface area contributed by atoms with Crippen molar-refractivity contribution in [2.75, 3.05) is 16.8 Å². The van der Waals surface area contributed by atoms with Crippen LogP contribution in [-0.4, -0.2) is 28.9 Å². The third-order valence-corrected chi connectivity index (χ3v) is 4.49. The minimum atomic E-state index is -4.70. The van der Waals surface area contributed by atoms with Crippen LogP contribution in [0.1, 0.15) is 50.4 Å². The van der Waals surface area contributed by atoms with Gasteiger partial charge in [-0.3, -0.25) is 0 Å². The van der Waals surface area contributed by atoms with E-state index in [2.05, 4.69) is 38.8 Å². The van der Waals surface area contributed by atoms with Crippen LogP contribution in [0.2, 0.25) is 0 Å². The monoisotopic (exact) mass is 394 g/mol. The van der Waals surface area contributed by atoms with Crippen LogP contribution in [0.4, 0.5) is 24.9 Å². The minimum absolute atomic E-state index is 0.194. The van der Waals surface area contributed by atoms with Gasteiger partial charge >= 0.3 is 6.36 Å². The van der Waals surface area contributed by atoms with Gasteiger partial charge < -0.3 is 15.0 Å². The average Bonchev–Trinajstić information content (AvgIpc) is 2.58. The number of nitrogens with zero attached hydrogens (tertiary/aromatic N) is 3. The molecule has 1 aromatic heterocycles. The van der Waals surface area contributed by atoms with Crippen LogP contribution in [0.25, 0.3) is 0 Å². The second-order valence-corrected chi connectivity index (χ2v) is 7.58. The van der Waals surface area contributed by atoms with Crippen LogP contribution in [0.3, 0.4) is 0 Å². The van der Waals surface area contributed by atoms with Gasteiger partial charge in [-0.25, -0.2) is 4.98 Å². The number of hydrogen-bond donors (Lipinski definition) is 1. The summed E-state index contributed by atoms with van der Waals surface area (Å²) in [4.78, 5) is 11.3. The molecular formula is C20H25F3N4O. The van der Waals surface area contributed by atoms with Gasteiger partial charge in [-0.1, -0.05) is 19.9 Å². The van der Waals surface area contributed by atoms with E-state index in [4.69, 9.17) is 0 Å². The molecule has 0 radical (unpaired) electrons. The number of halogens is 3. The molecule has 1 aromatic carbocycles. The van der Waals surface area contributed by atoms with Gasteiger partial charge in [0.15, 0.2) is 0 Å². The average molecular weight is 394 g/mol. The van der Waals surface area contributed by atoms with Crippen molar-refractivity contribution in [3.05, 3.63) is 41.1 Å². The van der Waals surface area contributed by atoms with Gasteiger partial charge in [0.2, 0.25) is 5.95 Å². The lowest BCUT2D eigenvalue weighted by molar-refractivity contribution is -0.274. The highest BCUT2D eigenvalue weighted by molar-refractivity contribution is 5.50. The molecule has 5 nitrogen and oxygen atoms in total. The molecule has 0 amide bonds. The van der Waals surface area contributed by atoms with Crippen LogP contribution < -0.4 is 15.0 Å². The van der Waals surface area contributed by atoms with Crippen LogP contribution in [-0.2, 0) is 13.0 Å². The van der Waals surface area contributed by atoms with Crippen molar-refractivity contribution in [2.45, 2.75) is 59.0 Å². The number of anilines is 2. The summed E-state index contributed by atoms with van der Waals surface area (Å²) in [6.45, 7) is 9.38. The molecule has 0 aliphatic carbocycles. The fourth-order valence-electron chi connectivity index (χ4n) is 3.16. The molecule has 1 aliphatic rings. The Morgan fingerprint density at radius 1 is 1.07 bits per heavy atom. The Morgan fingerprint density at radius 3 is 2.46 bits per heavy atom. The molecule has 1 aliphatic heterocycles. The minimum Gasteiger partial charge on any atom is -0.406 e. The summed E-state index contributed by atoms with van der Waals surface area (Å²) in [7, 11) is 0. The summed E-state index contributed by atoms with van der Waals surface area (Å²) >= 11 is 0. The predicted octanol–water partition coefficient (Wildman–Crippen LogP) is 4.88.